The number of rotatable bonds is 7. The number of aliphatic hydroxyl groups is 1. The van der Waals surface area contributed by atoms with E-state index < -0.39 is 6.10 Å². The van der Waals surface area contributed by atoms with E-state index in [1.807, 2.05) is 0 Å². The van der Waals surface area contributed by atoms with Gasteiger partial charge in [-0.15, -0.1) is 0 Å². The Hall–Kier alpha value is -1.84. The van der Waals surface area contributed by atoms with E-state index in [1.165, 1.54) is 44.9 Å². The maximum absolute atomic E-state index is 10.5. The third-order valence-corrected chi connectivity index (χ3v) is 11.0. The van der Waals surface area contributed by atoms with Gasteiger partial charge < -0.3 is 14.7 Å². The molecule has 1 saturated heterocycles. The maximum Gasteiger partial charge on any atom is 0.119 e. The lowest BCUT2D eigenvalue weighted by atomic mass is 9.23. The lowest BCUT2D eigenvalue weighted by Gasteiger charge is -2.80. The zero-order chi connectivity index (χ0) is 23.0. The smallest absolute Gasteiger partial charge is 0.119 e. The molecule has 5 unspecified atom stereocenters. The van der Waals surface area contributed by atoms with Crippen LogP contribution in [0.4, 0.5) is 0 Å². The van der Waals surface area contributed by atoms with Crippen LogP contribution in [0, 0.1) is 23.2 Å². The van der Waals surface area contributed by atoms with E-state index >= 15 is 0 Å². The first-order chi connectivity index (χ1) is 16.5. The van der Waals surface area contributed by atoms with Gasteiger partial charge >= 0.3 is 0 Å². The number of nitrogens with zero attached hydrogens (tertiary/aromatic N) is 1. The average Bonchev–Trinajstić information content (AvgIpc) is 3.35. The molecule has 2 bridgehead atoms. The van der Waals surface area contributed by atoms with Crippen LogP contribution in [0.5, 0.6) is 5.75 Å². The van der Waals surface area contributed by atoms with Gasteiger partial charge in [0.15, 0.2) is 0 Å². The van der Waals surface area contributed by atoms with Gasteiger partial charge in [-0.1, -0.05) is 49.4 Å². The zero-order valence-electron chi connectivity index (χ0n) is 20.6. The molecule has 180 valence electrons. The molecule has 5 fully saturated rings. The third-order valence-electron chi connectivity index (χ3n) is 11.0. The van der Waals surface area contributed by atoms with Gasteiger partial charge in [-0.25, -0.2) is 0 Å². The number of aliphatic hydroxyl groups excluding tert-OH is 1. The van der Waals surface area contributed by atoms with Crippen molar-refractivity contribution in [2.45, 2.75) is 68.8 Å². The molecule has 0 aromatic heterocycles. The molecule has 0 radical (unpaired) electrons. The van der Waals surface area contributed by atoms with Crippen molar-refractivity contribution >= 4 is 0 Å². The maximum atomic E-state index is 10.5. The number of fused-ring (bicyclic) bond motifs is 1. The largest absolute Gasteiger partial charge is 0.491 e. The minimum atomic E-state index is -0.426. The number of piperidine rings is 1. The highest BCUT2D eigenvalue weighted by molar-refractivity contribution is 5.54. The molecule has 5 aliphatic rings. The van der Waals surface area contributed by atoms with Crippen LogP contribution in [0.15, 0.2) is 54.6 Å². The van der Waals surface area contributed by atoms with Gasteiger partial charge in [-0.3, -0.25) is 0 Å². The lowest BCUT2D eigenvalue weighted by Crippen LogP contribution is -2.78. The number of hydrogen-bond donors (Lipinski definition) is 1. The lowest BCUT2D eigenvalue weighted by molar-refractivity contribution is -0.227. The second kappa shape index (κ2) is 7.58. The topological polar surface area (TPSA) is 32.7 Å². The standard InChI is InChI=1S/C31H39NO2/c1-22-11-13-32(14-12-22)19-27(33)20-34-28-9-7-25(8-10-28)29-16-23-15-26-18-30(21-29,31(26,29)17-23)24-5-3-2-4-6-24/h2-10,22-23,26-27,33H,11-21H2,1H3/t23?,26?,27-,29?,30?,31?/m0/s1. The summed E-state index contributed by atoms with van der Waals surface area (Å²) in [5, 5.41) is 10.5. The zero-order valence-corrected chi connectivity index (χ0v) is 20.6. The van der Waals surface area contributed by atoms with Crippen molar-refractivity contribution in [2.24, 2.45) is 23.2 Å². The fourth-order valence-corrected chi connectivity index (χ4v) is 9.74. The summed E-state index contributed by atoms with van der Waals surface area (Å²) in [6.07, 6.45) is 9.07. The summed E-state index contributed by atoms with van der Waals surface area (Å²) in [4.78, 5) is 2.38. The Morgan fingerprint density at radius 3 is 2.38 bits per heavy atom. The summed E-state index contributed by atoms with van der Waals surface area (Å²) in [7, 11) is 0. The molecule has 2 aromatic rings. The van der Waals surface area contributed by atoms with E-state index in [1.54, 1.807) is 11.1 Å². The predicted molar refractivity (Wildman–Crippen MR) is 135 cm³/mol. The molecule has 1 heterocycles. The minimum Gasteiger partial charge on any atom is -0.491 e. The van der Waals surface area contributed by atoms with Gasteiger partial charge in [0, 0.05) is 17.4 Å². The fourth-order valence-electron chi connectivity index (χ4n) is 9.74. The molecule has 34 heavy (non-hydrogen) atoms. The van der Waals surface area contributed by atoms with E-state index in [2.05, 4.69) is 66.4 Å². The number of hydrogen-bond acceptors (Lipinski definition) is 3. The summed E-state index contributed by atoms with van der Waals surface area (Å²) in [5.41, 5.74) is 4.44. The molecule has 4 saturated carbocycles. The molecule has 7 rings (SSSR count). The summed E-state index contributed by atoms with van der Waals surface area (Å²) in [6, 6.07) is 20.5. The van der Waals surface area contributed by atoms with E-state index in [9.17, 15) is 5.11 Å². The van der Waals surface area contributed by atoms with Crippen molar-refractivity contribution in [3.05, 3.63) is 65.7 Å². The second-order valence-electron chi connectivity index (χ2n) is 12.6. The molecule has 0 amide bonds. The highest BCUT2D eigenvalue weighted by Crippen LogP contribution is 2.91. The summed E-state index contributed by atoms with van der Waals surface area (Å²) >= 11 is 0. The highest BCUT2D eigenvalue weighted by atomic mass is 16.5. The van der Waals surface area contributed by atoms with Crippen LogP contribution < -0.4 is 4.74 Å². The molecular formula is C31H39NO2. The Morgan fingerprint density at radius 1 is 0.941 bits per heavy atom. The Labute approximate surface area is 204 Å². The van der Waals surface area contributed by atoms with Gasteiger partial charge in [-0.05, 0) is 104 Å². The molecule has 3 heteroatoms. The van der Waals surface area contributed by atoms with Crippen molar-refractivity contribution in [1.82, 2.24) is 4.90 Å². The fraction of sp³-hybridized carbons (Fsp3) is 0.613. The molecule has 4 aliphatic carbocycles. The first-order valence-corrected chi connectivity index (χ1v) is 13.7. The summed E-state index contributed by atoms with van der Waals surface area (Å²) in [5.74, 6) is 3.55. The first-order valence-electron chi connectivity index (χ1n) is 13.7. The quantitative estimate of drug-likeness (QED) is 0.591. The van der Waals surface area contributed by atoms with Crippen LogP contribution in [0.1, 0.15) is 63.0 Å². The van der Waals surface area contributed by atoms with Crippen LogP contribution in [-0.4, -0.2) is 42.4 Å². The number of benzene rings is 2. The SMILES string of the molecule is CC1CCN(C[C@H](O)COc2ccc(C34CC5CC6CC(c7ccccc7)(C3)C64C5)cc2)CC1. The van der Waals surface area contributed by atoms with Crippen LogP contribution in [0.2, 0.25) is 0 Å². The van der Waals surface area contributed by atoms with E-state index in [0.717, 1.165) is 43.1 Å². The Balaban J connectivity index is 1.04. The van der Waals surface area contributed by atoms with E-state index in [0.29, 0.717) is 22.9 Å². The van der Waals surface area contributed by atoms with Crippen molar-refractivity contribution in [2.75, 3.05) is 26.2 Å². The van der Waals surface area contributed by atoms with Gasteiger partial charge in [0.2, 0.25) is 0 Å². The van der Waals surface area contributed by atoms with Gasteiger partial charge in [0.1, 0.15) is 18.5 Å². The number of likely N-dealkylation sites (tertiary alicyclic amines) is 1. The molecular weight excluding hydrogens is 418 g/mol. The molecule has 1 spiro atoms. The molecule has 2 aromatic carbocycles. The highest BCUT2D eigenvalue weighted by Gasteiger charge is 2.87. The Morgan fingerprint density at radius 2 is 1.65 bits per heavy atom. The molecule has 6 atom stereocenters. The molecule has 1 aliphatic heterocycles. The Bertz CT molecular complexity index is 1040. The van der Waals surface area contributed by atoms with Crippen LogP contribution in [0.25, 0.3) is 0 Å². The number of β-amino-alcohol motifs (C(OH)–C–C–N with tert-alkyl or cyclic N) is 1. The summed E-state index contributed by atoms with van der Waals surface area (Å²) in [6.45, 7) is 5.63. The first kappa shape index (κ1) is 21.4. The average molecular weight is 458 g/mol. The van der Waals surface area contributed by atoms with E-state index in [4.69, 9.17) is 4.74 Å². The van der Waals surface area contributed by atoms with Crippen molar-refractivity contribution in [3.8, 4) is 5.75 Å². The number of ether oxygens (including phenoxy) is 1. The molecule has 3 nitrogen and oxygen atoms in total. The summed E-state index contributed by atoms with van der Waals surface area (Å²) < 4.78 is 6.03. The monoisotopic (exact) mass is 457 g/mol. The Kier molecular flexibility index (Phi) is 4.78. The van der Waals surface area contributed by atoms with Gasteiger partial charge in [0.05, 0.1) is 0 Å². The normalized spacial score (nSPS) is 39.2. The second-order valence-corrected chi connectivity index (χ2v) is 12.6. The van der Waals surface area contributed by atoms with Crippen molar-refractivity contribution in [3.63, 3.8) is 0 Å². The minimum absolute atomic E-state index is 0.373. The molecule has 1 N–H and O–H groups in total. The van der Waals surface area contributed by atoms with Gasteiger partial charge in [-0.2, -0.15) is 0 Å². The van der Waals surface area contributed by atoms with Crippen LogP contribution in [-0.2, 0) is 10.8 Å². The van der Waals surface area contributed by atoms with Crippen molar-refractivity contribution in [1.29, 1.82) is 0 Å². The van der Waals surface area contributed by atoms with Crippen LogP contribution >= 0.6 is 0 Å². The third kappa shape index (κ3) is 2.77. The van der Waals surface area contributed by atoms with Crippen molar-refractivity contribution < 1.29 is 9.84 Å². The predicted octanol–water partition coefficient (Wildman–Crippen LogP) is 5.56. The van der Waals surface area contributed by atoms with Crippen LogP contribution in [0.3, 0.4) is 0 Å². The van der Waals surface area contributed by atoms with E-state index in [-0.39, 0.29) is 0 Å². The van der Waals surface area contributed by atoms with Gasteiger partial charge in [0.25, 0.3) is 0 Å².